The molecule has 0 spiro atoms. The largest absolute Gasteiger partial charge is 0.463 e. The van der Waals surface area contributed by atoms with Crippen molar-refractivity contribution in [1.82, 2.24) is 0 Å². The number of rotatable bonds is 13. The Hall–Kier alpha value is -2.46. The molecule has 0 aliphatic carbocycles. The van der Waals surface area contributed by atoms with E-state index < -0.39 is 23.1 Å². The second kappa shape index (κ2) is 13.6. The lowest BCUT2D eigenvalue weighted by Gasteiger charge is -2.16. The van der Waals surface area contributed by atoms with Gasteiger partial charge in [-0.1, -0.05) is 59.2 Å². The van der Waals surface area contributed by atoms with Crippen molar-refractivity contribution in [3.63, 3.8) is 0 Å². The molecule has 0 bridgehead atoms. The summed E-state index contributed by atoms with van der Waals surface area (Å²) in [5.74, 6) is 0.473. The van der Waals surface area contributed by atoms with Crippen LogP contribution in [0.1, 0.15) is 63.9 Å². The minimum Gasteiger partial charge on any atom is -0.463 e. The van der Waals surface area contributed by atoms with Gasteiger partial charge in [-0.25, -0.2) is 0 Å². The zero-order valence-corrected chi connectivity index (χ0v) is 21.6. The summed E-state index contributed by atoms with van der Waals surface area (Å²) in [6.07, 6.45) is 4.26. The quantitative estimate of drug-likeness (QED) is 0.0772. The van der Waals surface area contributed by atoms with Crippen molar-refractivity contribution in [2.75, 3.05) is 12.4 Å². The Balaban J connectivity index is 1.50. The Morgan fingerprint density at radius 3 is 2.66 bits per heavy atom. The molecule has 10 heteroatoms. The molecule has 1 unspecified atom stereocenters. The Morgan fingerprint density at radius 1 is 1.17 bits per heavy atom. The molecule has 0 N–H and O–H groups in total. The molecule has 0 radical (unpaired) electrons. The van der Waals surface area contributed by atoms with Gasteiger partial charge in [-0.3, -0.25) is 9.59 Å². The third-order valence-electron chi connectivity index (χ3n) is 5.91. The first-order valence-corrected chi connectivity index (χ1v) is 14.2. The zero-order valence-electron chi connectivity index (χ0n) is 20.0. The number of nitrogens with zero attached hydrogens (tertiary/aromatic N) is 1. The molecule has 2 aromatic rings. The van der Waals surface area contributed by atoms with Crippen molar-refractivity contribution in [3.05, 3.63) is 52.1 Å². The van der Waals surface area contributed by atoms with E-state index in [0.717, 1.165) is 40.8 Å². The molecule has 0 amide bonds. The Morgan fingerprint density at radius 2 is 1.94 bits per heavy atom. The van der Waals surface area contributed by atoms with E-state index in [-0.39, 0.29) is 12.6 Å². The predicted octanol–water partition coefficient (Wildman–Crippen LogP) is 6.09. The van der Waals surface area contributed by atoms with Gasteiger partial charge in [0.1, 0.15) is 18.5 Å². The second-order valence-electron chi connectivity index (χ2n) is 8.53. The molecule has 0 aromatic heterocycles. The highest BCUT2D eigenvalue weighted by molar-refractivity contribution is 8.77. The maximum absolute atomic E-state index is 12.4. The van der Waals surface area contributed by atoms with E-state index in [0.29, 0.717) is 18.6 Å². The van der Waals surface area contributed by atoms with Crippen molar-refractivity contribution in [3.8, 4) is 5.75 Å². The standard InChI is InChI=1S/C25H31NO7S2/c1-3-21(33-26(29)30)16-31-25(28)17(2)18-8-9-20-15-22(11-10-19(20)14-18)32-24(27)7-5-4-6-23-12-13-34-35-23/h8-11,14-15,17,21,23H,3-7,12-13,16H2,1-2H3/t17-,21?,23+/m0/s1. The first-order valence-electron chi connectivity index (χ1n) is 11.9. The maximum atomic E-state index is 12.4. The molecule has 1 aliphatic heterocycles. The third kappa shape index (κ3) is 8.61. The lowest BCUT2D eigenvalue weighted by atomic mass is 9.98. The summed E-state index contributed by atoms with van der Waals surface area (Å²) < 4.78 is 10.7. The molecule has 1 heterocycles. The van der Waals surface area contributed by atoms with Crippen molar-refractivity contribution in [2.24, 2.45) is 0 Å². The van der Waals surface area contributed by atoms with Crippen LogP contribution in [0.5, 0.6) is 5.75 Å². The summed E-state index contributed by atoms with van der Waals surface area (Å²) in [5, 5.41) is 12.1. The van der Waals surface area contributed by atoms with Crippen LogP contribution in [-0.4, -0.2) is 40.7 Å². The van der Waals surface area contributed by atoms with Gasteiger partial charge in [-0.05, 0) is 61.1 Å². The summed E-state index contributed by atoms with van der Waals surface area (Å²) >= 11 is 0. The zero-order chi connectivity index (χ0) is 25.2. The van der Waals surface area contributed by atoms with Gasteiger partial charge >= 0.3 is 11.9 Å². The molecule has 2 aromatic carbocycles. The number of ether oxygens (including phenoxy) is 2. The van der Waals surface area contributed by atoms with E-state index in [2.05, 4.69) is 4.84 Å². The van der Waals surface area contributed by atoms with Crippen LogP contribution < -0.4 is 4.74 Å². The summed E-state index contributed by atoms with van der Waals surface area (Å²) in [5.41, 5.74) is 0.759. The highest BCUT2D eigenvalue weighted by Gasteiger charge is 2.20. The Bertz CT molecular complexity index is 1030. The van der Waals surface area contributed by atoms with Gasteiger partial charge in [-0.2, -0.15) is 0 Å². The number of carbonyl (C=O) groups is 2. The lowest BCUT2D eigenvalue weighted by molar-refractivity contribution is -0.769. The molecule has 3 rings (SSSR count). The number of hydrogen-bond donors (Lipinski definition) is 0. The van der Waals surface area contributed by atoms with Crippen molar-refractivity contribution >= 4 is 44.3 Å². The fourth-order valence-corrected chi connectivity index (χ4v) is 6.77. The SMILES string of the molecule is CCC(COC(=O)[C@@H](C)c1ccc2cc(OC(=O)CCCC[C@@H]3CCSS3)ccc2c1)O[N+](=O)[O-]. The van der Waals surface area contributed by atoms with Crippen LogP contribution in [0, 0.1) is 10.1 Å². The average Bonchev–Trinajstić information content (AvgIpc) is 3.36. The Kier molecular flexibility index (Phi) is 10.5. The van der Waals surface area contributed by atoms with Crippen molar-refractivity contribution in [1.29, 1.82) is 0 Å². The normalized spacial score (nSPS) is 17.0. The van der Waals surface area contributed by atoms with E-state index in [1.807, 2.05) is 51.9 Å². The van der Waals surface area contributed by atoms with E-state index in [4.69, 9.17) is 9.47 Å². The number of fused-ring (bicyclic) bond motifs is 1. The number of carbonyl (C=O) groups excluding carboxylic acids is 2. The summed E-state index contributed by atoms with van der Waals surface area (Å²) in [6, 6.07) is 11.0. The number of hydrogen-bond acceptors (Lipinski definition) is 9. The van der Waals surface area contributed by atoms with Crippen molar-refractivity contribution in [2.45, 2.75) is 69.6 Å². The van der Waals surface area contributed by atoms with Crippen LogP contribution in [0.4, 0.5) is 0 Å². The fraction of sp³-hybridized carbons (Fsp3) is 0.520. The number of esters is 2. The molecule has 8 nitrogen and oxygen atoms in total. The fourth-order valence-electron chi connectivity index (χ4n) is 3.74. The molecule has 3 atom stereocenters. The van der Waals surface area contributed by atoms with Crippen LogP contribution in [0.25, 0.3) is 10.8 Å². The first kappa shape index (κ1) is 27.1. The molecule has 1 fully saturated rings. The van der Waals surface area contributed by atoms with E-state index in [1.165, 1.54) is 12.2 Å². The van der Waals surface area contributed by atoms with Crippen LogP contribution in [0.3, 0.4) is 0 Å². The summed E-state index contributed by atoms with van der Waals surface area (Å²) in [7, 11) is 3.90. The molecule has 0 saturated carbocycles. The van der Waals surface area contributed by atoms with Crippen LogP contribution in [0.15, 0.2) is 36.4 Å². The van der Waals surface area contributed by atoms with Gasteiger partial charge in [0, 0.05) is 17.4 Å². The smallest absolute Gasteiger partial charge is 0.313 e. The maximum Gasteiger partial charge on any atom is 0.313 e. The molecule has 190 valence electrons. The number of unbranched alkanes of at least 4 members (excludes halogenated alkanes) is 1. The first-order chi connectivity index (χ1) is 16.9. The molecule has 1 aliphatic rings. The highest BCUT2D eigenvalue weighted by atomic mass is 33.1. The van der Waals surface area contributed by atoms with E-state index in [9.17, 15) is 19.7 Å². The summed E-state index contributed by atoms with van der Waals surface area (Å²) in [4.78, 5) is 39.6. The predicted molar refractivity (Wildman–Crippen MR) is 138 cm³/mol. The van der Waals surface area contributed by atoms with E-state index >= 15 is 0 Å². The van der Waals surface area contributed by atoms with Crippen LogP contribution in [0.2, 0.25) is 0 Å². The molecule has 1 saturated heterocycles. The minimum atomic E-state index is -0.879. The highest BCUT2D eigenvalue weighted by Crippen LogP contribution is 2.39. The monoisotopic (exact) mass is 521 g/mol. The van der Waals surface area contributed by atoms with Crippen molar-refractivity contribution < 1.29 is 29.0 Å². The molecular weight excluding hydrogens is 490 g/mol. The summed E-state index contributed by atoms with van der Waals surface area (Å²) in [6.45, 7) is 3.26. The van der Waals surface area contributed by atoms with Gasteiger partial charge in [0.15, 0.2) is 0 Å². The van der Waals surface area contributed by atoms with Gasteiger partial charge in [0.05, 0.1) is 5.92 Å². The van der Waals surface area contributed by atoms with Crippen LogP contribution >= 0.6 is 21.6 Å². The van der Waals surface area contributed by atoms with E-state index in [1.54, 1.807) is 19.9 Å². The van der Waals surface area contributed by atoms with Gasteiger partial charge in [0.25, 0.3) is 5.09 Å². The third-order valence-corrected chi connectivity index (χ3v) is 8.91. The molecular formula is C25H31NO7S2. The second-order valence-corrected chi connectivity index (χ2v) is 11.3. The van der Waals surface area contributed by atoms with Gasteiger partial charge in [0.2, 0.25) is 0 Å². The van der Waals surface area contributed by atoms with Gasteiger partial charge < -0.3 is 14.3 Å². The van der Waals surface area contributed by atoms with Gasteiger partial charge in [-0.15, -0.1) is 10.1 Å². The lowest BCUT2D eigenvalue weighted by Crippen LogP contribution is -2.25. The average molecular weight is 522 g/mol. The van der Waals surface area contributed by atoms with Crippen LogP contribution in [-0.2, 0) is 19.2 Å². The Labute approximate surface area is 212 Å². The molecule has 35 heavy (non-hydrogen) atoms. The number of benzene rings is 2. The topological polar surface area (TPSA) is 105 Å². The minimum absolute atomic E-state index is 0.179.